The first-order valence-corrected chi connectivity index (χ1v) is 18.7. The Hall–Kier alpha value is -3.01. The maximum atomic E-state index is 11.1. The van der Waals surface area contributed by atoms with Crippen molar-refractivity contribution in [3.63, 3.8) is 0 Å². The van der Waals surface area contributed by atoms with Gasteiger partial charge in [0.25, 0.3) is 15.1 Å². The number of fused-ring (bicyclic) bond motifs is 4. The van der Waals surface area contributed by atoms with Gasteiger partial charge in [-0.3, -0.25) is 9.98 Å². The number of nitrogens with zero attached hydrogens (tertiary/aromatic N) is 3. The molecule has 0 unspecified atom stereocenters. The Morgan fingerprint density at radius 3 is 2.12 bits per heavy atom. The zero-order valence-electron chi connectivity index (χ0n) is 27.4. The topological polar surface area (TPSA) is 86.5 Å². The summed E-state index contributed by atoms with van der Waals surface area (Å²) >= 11 is 3.70. The molecule has 4 aromatic carbocycles. The molecule has 0 aliphatic carbocycles. The van der Waals surface area contributed by atoms with Gasteiger partial charge in [0.15, 0.2) is 13.1 Å². The maximum absolute atomic E-state index is 11.1. The zero-order valence-corrected chi connectivity index (χ0v) is 33.6. The molecule has 6 aromatic rings. The van der Waals surface area contributed by atoms with Crippen LogP contribution in [0.25, 0.3) is 26.0 Å². The highest BCUT2D eigenvalue weighted by Gasteiger charge is 2.29. The van der Waals surface area contributed by atoms with Crippen molar-refractivity contribution in [2.45, 2.75) is 58.0 Å². The Bertz CT molecular complexity index is 2210. The van der Waals surface area contributed by atoms with E-state index in [1.54, 1.807) is 23.5 Å². The molecular weight excluding hydrogens is 851 g/mol. The molecule has 0 spiro atoms. The molecule has 0 radical (unpaired) electrons. The Balaban J connectivity index is 0.000000220. The Labute approximate surface area is 323 Å². The van der Waals surface area contributed by atoms with Crippen LogP contribution in [0.3, 0.4) is 0 Å². The second-order valence-electron chi connectivity index (χ2n) is 11.4. The summed E-state index contributed by atoms with van der Waals surface area (Å²) < 4.78 is 38.6. The molecule has 0 saturated heterocycles. The number of nitrogens with one attached hydrogen (secondary N) is 1. The summed E-state index contributed by atoms with van der Waals surface area (Å²) in [6.45, 7) is 8.41. The van der Waals surface area contributed by atoms with Crippen molar-refractivity contribution >= 4 is 70.2 Å². The van der Waals surface area contributed by atoms with Crippen LogP contribution >= 0.6 is 22.7 Å². The van der Waals surface area contributed by atoms with Gasteiger partial charge in [0, 0.05) is 37.6 Å². The minimum absolute atomic E-state index is 0. The average molecular weight is 890 g/mol. The number of allylic oxidation sites excluding steroid dienone is 1. The number of para-hydroxylation sites is 2. The van der Waals surface area contributed by atoms with E-state index in [4.69, 9.17) is 4.55 Å². The quantitative estimate of drug-likeness (QED) is 0.0810. The molecule has 0 amide bonds. The molecular formula is C37H38BrIN4O3S3. The van der Waals surface area contributed by atoms with E-state index in [9.17, 15) is 8.42 Å². The predicted molar refractivity (Wildman–Crippen MR) is 194 cm³/mol. The predicted octanol–water partition coefficient (Wildman–Crippen LogP) is 2.43. The average Bonchev–Trinajstić information content (AvgIpc) is 3.61. The number of thiazole rings is 2. The molecule has 0 fully saturated rings. The third-order valence-corrected chi connectivity index (χ3v) is 11.5. The molecule has 2 aromatic heterocycles. The van der Waals surface area contributed by atoms with Crippen LogP contribution < -0.4 is 55.5 Å². The van der Waals surface area contributed by atoms with Gasteiger partial charge >= 0.3 is 0 Å². The highest BCUT2D eigenvalue weighted by molar-refractivity contribution is 7.85. The monoisotopic (exact) mass is 888 g/mol. The van der Waals surface area contributed by atoms with Crippen molar-refractivity contribution in [3.05, 3.63) is 124 Å². The van der Waals surface area contributed by atoms with Crippen molar-refractivity contribution in [1.82, 2.24) is 0 Å². The van der Waals surface area contributed by atoms with E-state index in [0.29, 0.717) is 5.69 Å². The number of hydrogen-bond acceptors (Lipinski definition) is 6. The van der Waals surface area contributed by atoms with Gasteiger partial charge in [0.05, 0.1) is 16.2 Å². The standard InChI is InChI=1S/C19H21N3O3S2.C18H16NS.BrH.HI/c1-3-15(20-21-16-8-10-17(11-9-16)27(23,24)25)12-13-22-14(2)26-19-7-5-4-6-18(19)22;1-13-11-12-19-15-9-5-6-10-16(15)20-18(19)17(13)14-7-3-2-4-8-14;;/h4-11,21H,3,12-13H2,1-2H3;2-10H,11-12H2,1H3;2*1H/q;+1;;/p-1. The number of aryl methyl sites for hydroxylation is 3. The summed E-state index contributed by atoms with van der Waals surface area (Å²) in [6, 6.07) is 33.7. The van der Waals surface area contributed by atoms with E-state index in [2.05, 4.69) is 119 Å². The largest absolute Gasteiger partial charge is 1.00 e. The van der Waals surface area contributed by atoms with Crippen LogP contribution in [0, 0.1) is 6.92 Å². The summed E-state index contributed by atoms with van der Waals surface area (Å²) in [5, 5.41) is 7.13. The highest BCUT2D eigenvalue weighted by Crippen LogP contribution is 2.35. The maximum Gasteiger partial charge on any atom is 0.294 e. The van der Waals surface area contributed by atoms with Crippen LogP contribution in [0.1, 0.15) is 48.7 Å². The fourth-order valence-electron chi connectivity index (χ4n) is 5.83. The van der Waals surface area contributed by atoms with Gasteiger partial charge in [-0.25, -0.2) is 0 Å². The number of hydrazone groups is 1. The minimum Gasteiger partial charge on any atom is -1.00 e. The fraction of sp³-hybridized carbons (Fsp3) is 0.216. The third-order valence-electron chi connectivity index (χ3n) is 8.34. The van der Waals surface area contributed by atoms with E-state index in [1.165, 1.54) is 59.3 Å². The van der Waals surface area contributed by atoms with Crippen LogP contribution in [0.15, 0.2) is 119 Å². The van der Waals surface area contributed by atoms with Crippen LogP contribution in [0.4, 0.5) is 5.69 Å². The molecule has 2 N–H and O–H groups in total. The fourth-order valence-corrected chi connectivity index (χ4v) is 8.69. The second-order valence-corrected chi connectivity index (χ2v) is 15.1. The Morgan fingerprint density at radius 1 is 0.857 bits per heavy atom. The van der Waals surface area contributed by atoms with E-state index in [1.807, 2.05) is 11.3 Å². The van der Waals surface area contributed by atoms with E-state index in [0.717, 1.165) is 38.1 Å². The van der Waals surface area contributed by atoms with Gasteiger partial charge in [-0.15, -0.1) is 0 Å². The molecule has 0 bridgehead atoms. The van der Waals surface area contributed by atoms with Gasteiger partial charge in [-0.05, 0) is 55.3 Å². The highest BCUT2D eigenvalue weighted by atomic mass is 127. The lowest BCUT2D eigenvalue weighted by Crippen LogP contribution is -3.00. The third kappa shape index (κ3) is 9.02. The SMILES string of the molecule is CC1=C(c2ccccc2)c2sc3ccccc3[n+]2CC1.CCC(CC[n+]1c(C)sc2ccccc21)=NNc1ccc(S(=O)(=O)O)cc1.[Br-].[I-]. The molecule has 0 saturated carbocycles. The Kier molecular flexibility index (Phi) is 13.7. The molecule has 49 heavy (non-hydrogen) atoms. The molecule has 256 valence electrons. The summed E-state index contributed by atoms with van der Waals surface area (Å²) in [6.07, 6.45) is 2.78. The second kappa shape index (κ2) is 17.3. The summed E-state index contributed by atoms with van der Waals surface area (Å²) in [5.41, 5.74) is 11.5. The van der Waals surface area contributed by atoms with Gasteiger partial charge < -0.3 is 41.0 Å². The summed E-state index contributed by atoms with van der Waals surface area (Å²) in [4.78, 5) is -0.135. The smallest absolute Gasteiger partial charge is 0.294 e. The molecule has 0 atom stereocenters. The molecule has 1 aliphatic rings. The lowest BCUT2D eigenvalue weighted by atomic mass is 9.97. The zero-order chi connectivity index (χ0) is 33.0. The van der Waals surface area contributed by atoms with E-state index in [-0.39, 0.29) is 45.9 Å². The van der Waals surface area contributed by atoms with E-state index >= 15 is 0 Å². The van der Waals surface area contributed by atoms with Crippen molar-refractivity contribution in [3.8, 4) is 0 Å². The number of hydrogen-bond donors (Lipinski definition) is 2. The van der Waals surface area contributed by atoms with Gasteiger partial charge in [-0.1, -0.05) is 89.8 Å². The van der Waals surface area contributed by atoms with Crippen LogP contribution in [0.2, 0.25) is 0 Å². The van der Waals surface area contributed by atoms with Crippen LogP contribution in [-0.2, 0) is 23.2 Å². The van der Waals surface area contributed by atoms with Crippen molar-refractivity contribution in [2.24, 2.45) is 5.10 Å². The first-order valence-electron chi connectivity index (χ1n) is 15.7. The van der Waals surface area contributed by atoms with Crippen molar-refractivity contribution in [2.75, 3.05) is 5.43 Å². The van der Waals surface area contributed by atoms with Gasteiger partial charge in [0.2, 0.25) is 16.0 Å². The number of benzene rings is 4. The van der Waals surface area contributed by atoms with Crippen LogP contribution in [0.5, 0.6) is 0 Å². The van der Waals surface area contributed by atoms with Crippen molar-refractivity contribution in [1.29, 1.82) is 0 Å². The number of rotatable bonds is 8. The first-order chi connectivity index (χ1) is 22.7. The first kappa shape index (κ1) is 38.8. The lowest BCUT2D eigenvalue weighted by molar-refractivity contribution is -0.671. The normalized spacial score (nSPS) is 12.9. The molecule has 3 heterocycles. The van der Waals surface area contributed by atoms with Gasteiger partial charge in [-0.2, -0.15) is 22.7 Å². The molecule has 7 nitrogen and oxygen atoms in total. The minimum atomic E-state index is -4.18. The molecule has 7 rings (SSSR count). The molecule has 12 heteroatoms. The summed E-state index contributed by atoms with van der Waals surface area (Å²) in [7, 11) is -4.18. The lowest BCUT2D eigenvalue weighted by Gasteiger charge is -2.13. The van der Waals surface area contributed by atoms with Gasteiger partial charge in [0.1, 0.15) is 9.40 Å². The Morgan fingerprint density at radius 2 is 1.47 bits per heavy atom. The van der Waals surface area contributed by atoms with Crippen LogP contribution in [-0.4, -0.2) is 18.7 Å². The van der Waals surface area contributed by atoms with E-state index < -0.39 is 10.1 Å². The number of halogens is 2. The number of aromatic nitrogens is 2. The van der Waals surface area contributed by atoms with Crippen molar-refractivity contribution < 1.29 is 63.1 Å². The molecule has 1 aliphatic heterocycles. The summed E-state index contributed by atoms with van der Waals surface area (Å²) in [5.74, 6) is 0. The number of anilines is 1.